The Bertz CT molecular complexity index is 1350. The van der Waals surface area contributed by atoms with Crippen LogP contribution < -0.4 is 0 Å². The zero-order valence-corrected chi connectivity index (χ0v) is 46.0. The lowest BCUT2D eigenvalue weighted by Crippen LogP contribution is -2.30. The van der Waals surface area contributed by atoms with Crippen LogP contribution in [0.15, 0.2) is 85.1 Å². The number of carbonyl (C=O) groups excluding carboxylic acids is 3. The molecule has 402 valence electrons. The first-order valence-corrected chi connectivity index (χ1v) is 29.6. The minimum atomic E-state index is -0.796. The Morgan fingerprint density at radius 2 is 0.557 bits per heavy atom. The third-order valence-electron chi connectivity index (χ3n) is 12.6. The van der Waals surface area contributed by atoms with Gasteiger partial charge in [0.25, 0.3) is 0 Å². The summed E-state index contributed by atoms with van der Waals surface area (Å²) in [4.78, 5) is 38.2. The molecule has 0 saturated carbocycles. The number of rotatable bonds is 53. The lowest BCUT2D eigenvalue weighted by atomic mass is 10.0. The Labute approximate surface area is 433 Å². The van der Waals surface area contributed by atoms with Crippen LogP contribution in [0.4, 0.5) is 0 Å². The van der Waals surface area contributed by atoms with Crippen LogP contribution in [0.1, 0.15) is 284 Å². The van der Waals surface area contributed by atoms with Gasteiger partial charge in [-0.1, -0.05) is 260 Å². The molecule has 70 heavy (non-hydrogen) atoms. The summed E-state index contributed by atoms with van der Waals surface area (Å²) in [6, 6.07) is 0. The average molecular weight is 976 g/mol. The average Bonchev–Trinajstić information content (AvgIpc) is 3.36. The number of hydrogen-bond acceptors (Lipinski definition) is 6. The standard InChI is InChI=1S/C64H110O6/c1-4-7-10-13-16-19-22-25-27-29-31-33-34-36-39-42-45-48-51-54-57-63(66)69-60-61(59-68-62(65)56-53-50-47-44-41-38-24-21-18-15-12-9-6-3)70-64(67)58-55-52-49-46-43-40-37-35-32-30-28-26-23-20-17-14-11-8-5-2/h8-9,11-12,17-18,20-21,26,28,32,35,38,41,61H,4-7,10,13-16,19,22-25,27,29-31,33-34,36-37,39-40,42-60H2,1-3H3/b11-8-,12-9-,20-17-,21-18-,28-26-,35-32-,41-38-. The number of ether oxygens (including phenoxy) is 3. The summed E-state index contributed by atoms with van der Waals surface area (Å²) in [7, 11) is 0. The first-order chi connectivity index (χ1) is 34.5. The fraction of sp³-hybridized carbons (Fsp3) is 0.734. The van der Waals surface area contributed by atoms with Crippen LogP contribution in [0.2, 0.25) is 0 Å². The third kappa shape index (κ3) is 55.5. The fourth-order valence-corrected chi connectivity index (χ4v) is 8.27. The highest BCUT2D eigenvalue weighted by Crippen LogP contribution is 2.16. The molecule has 1 unspecified atom stereocenters. The maximum Gasteiger partial charge on any atom is 0.306 e. The number of allylic oxidation sites excluding steroid dienone is 14. The van der Waals surface area contributed by atoms with E-state index in [1.54, 1.807) is 0 Å². The summed E-state index contributed by atoms with van der Waals surface area (Å²) >= 11 is 0. The van der Waals surface area contributed by atoms with Gasteiger partial charge in [-0.3, -0.25) is 14.4 Å². The molecule has 0 aliphatic heterocycles. The number of unbranched alkanes of at least 4 members (excludes halogenated alkanes) is 28. The van der Waals surface area contributed by atoms with Crippen molar-refractivity contribution in [2.45, 2.75) is 290 Å². The summed E-state index contributed by atoms with van der Waals surface area (Å²) in [6.07, 6.45) is 75.8. The highest BCUT2D eigenvalue weighted by atomic mass is 16.6. The van der Waals surface area contributed by atoms with Crippen LogP contribution in [0.5, 0.6) is 0 Å². The van der Waals surface area contributed by atoms with Gasteiger partial charge in [0.05, 0.1) is 0 Å². The summed E-state index contributed by atoms with van der Waals surface area (Å²) in [5.41, 5.74) is 0. The van der Waals surface area contributed by atoms with Crippen molar-refractivity contribution in [1.82, 2.24) is 0 Å². The Balaban J connectivity index is 4.38. The van der Waals surface area contributed by atoms with E-state index in [2.05, 4.69) is 106 Å². The maximum absolute atomic E-state index is 12.9. The molecule has 0 aromatic heterocycles. The van der Waals surface area contributed by atoms with Gasteiger partial charge in [-0.15, -0.1) is 0 Å². The van der Waals surface area contributed by atoms with Crippen LogP contribution in [-0.2, 0) is 28.6 Å². The zero-order chi connectivity index (χ0) is 50.7. The molecule has 0 bridgehead atoms. The normalized spacial score (nSPS) is 12.7. The van der Waals surface area contributed by atoms with Crippen molar-refractivity contribution in [1.29, 1.82) is 0 Å². The van der Waals surface area contributed by atoms with Crippen molar-refractivity contribution in [2.75, 3.05) is 13.2 Å². The minimum absolute atomic E-state index is 0.0900. The molecule has 0 aromatic carbocycles. The van der Waals surface area contributed by atoms with Gasteiger partial charge in [-0.2, -0.15) is 0 Å². The van der Waals surface area contributed by atoms with Gasteiger partial charge >= 0.3 is 17.9 Å². The molecule has 0 amide bonds. The van der Waals surface area contributed by atoms with Crippen LogP contribution in [0.3, 0.4) is 0 Å². The van der Waals surface area contributed by atoms with E-state index < -0.39 is 6.10 Å². The monoisotopic (exact) mass is 975 g/mol. The van der Waals surface area contributed by atoms with Crippen molar-refractivity contribution >= 4 is 17.9 Å². The van der Waals surface area contributed by atoms with E-state index >= 15 is 0 Å². The molecule has 0 aliphatic rings. The molecule has 6 nitrogen and oxygen atoms in total. The molecule has 0 spiro atoms. The van der Waals surface area contributed by atoms with Gasteiger partial charge in [0, 0.05) is 19.3 Å². The van der Waals surface area contributed by atoms with E-state index in [1.807, 2.05) is 0 Å². The van der Waals surface area contributed by atoms with Gasteiger partial charge in [-0.25, -0.2) is 0 Å². The summed E-state index contributed by atoms with van der Waals surface area (Å²) < 4.78 is 16.9. The fourth-order valence-electron chi connectivity index (χ4n) is 8.27. The zero-order valence-electron chi connectivity index (χ0n) is 46.0. The van der Waals surface area contributed by atoms with Crippen LogP contribution in [0.25, 0.3) is 0 Å². The van der Waals surface area contributed by atoms with E-state index in [9.17, 15) is 14.4 Å². The van der Waals surface area contributed by atoms with Gasteiger partial charge in [0.15, 0.2) is 6.10 Å². The van der Waals surface area contributed by atoms with Gasteiger partial charge in [-0.05, 0) is 89.9 Å². The molecule has 0 saturated heterocycles. The van der Waals surface area contributed by atoms with Gasteiger partial charge in [0.1, 0.15) is 13.2 Å². The molecule has 1 atom stereocenters. The van der Waals surface area contributed by atoms with E-state index in [4.69, 9.17) is 14.2 Å². The highest BCUT2D eigenvalue weighted by molar-refractivity contribution is 5.71. The molecule has 6 heteroatoms. The Hall–Kier alpha value is -3.41. The van der Waals surface area contributed by atoms with E-state index in [-0.39, 0.29) is 31.1 Å². The number of esters is 3. The molecule has 0 aromatic rings. The number of hydrogen-bond donors (Lipinski definition) is 0. The van der Waals surface area contributed by atoms with Crippen molar-refractivity contribution < 1.29 is 28.6 Å². The van der Waals surface area contributed by atoms with E-state index in [0.29, 0.717) is 19.3 Å². The lowest BCUT2D eigenvalue weighted by molar-refractivity contribution is -0.167. The first kappa shape index (κ1) is 66.6. The largest absolute Gasteiger partial charge is 0.462 e. The summed E-state index contributed by atoms with van der Waals surface area (Å²) in [5.74, 6) is -0.926. The molecule has 0 rings (SSSR count). The summed E-state index contributed by atoms with van der Waals surface area (Å²) in [6.45, 7) is 6.40. The van der Waals surface area contributed by atoms with Crippen molar-refractivity contribution in [3.05, 3.63) is 85.1 Å². The second-order valence-electron chi connectivity index (χ2n) is 19.5. The number of carbonyl (C=O) groups is 3. The minimum Gasteiger partial charge on any atom is -0.462 e. The Morgan fingerprint density at radius 1 is 0.300 bits per heavy atom. The Kier molecular flexibility index (Phi) is 55.3. The van der Waals surface area contributed by atoms with E-state index in [1.165, 1.54) is 122 Å². The molecule has 0 radical (unpaired) electrons. The van der Waals surface area contributed by atoms with E-state index in [0.717, 1.165) is 122 Å². The lowest BCUT2D eigenvalue weighted by Gasteiger charge is -2.18. The topological polar surface area (TPSA) is 78.9 Å². The molecule has 0 N–H and O–H groups in total. The van der Waals surface area contributed by atoms with Gasteiger partial charge < -0.3 is 14.2 Å². The van der Waals surface area contributed by atoms with Gasteiger partial charge in [0.2, 0.25) is 0 Å². The van der Waals surface area contributed by atoms with Crippen LogP contribution in [-0.4, -0.2) is 37.2 Å². The predicted molar refractivity (Wildman–Crippen MR) is 302 cm³/mol. The quantitative estimate of drug-likeness (QED) is 0.0261. The molecule has 0 fully saturated rings. The second kappa shape index (κ2) is 58.2. The highest BCUT2D eigenvalue weighted by Gasteiger charge is 2.19. The van der Waals surface area contributed by atoms with Crippen LogP contribution in [0, 0.1) is 0 Å². The third-order valence-corrected chi connectivity index (χ3v) is 12.6. The van der Waals surface area contributed by atoms with Crippen molar-refractivity contribution in [2.24, 2.45) is 0 Å². The molecular weight excluding hydrogens is 865 g/mol. The van der Waals surface area contributed by atoms with Crippen molar-refractivity contribution in [3.63, 3.8) is 0 Å². The molecule has 0 aliphatic carbocycles. The molecular formula is C64H110O6. The second-order valence-corrected chi connectivity index (χ2v) is 19.5. The predicted octanol–water partition coefficient (Wildman–Crippen LogP) is 19.9. The molecule has 0 heterocycles. The smallest absolute Gasteiger partial charge is 0.306 e. The van der Waals surface area contributed by atoms with Crippen molar-refractivity contribution in [3.8, 4) is 0 Å². The SMILES string of the molecule is CC/C=C\C/C=C\C/C=C\C/C=C\CCCCCCCCC(=O)OC(COC(=O)CCCCC/C=C\C/C=C\C/C=C\CC)COC(=O)CCCCCCCCCCCCCCCCCCCCCC. The van der Waals surface area contributed by atoms with Crippen LogP contribution >= 0.6 is 0 Å². The maximum atomic E-state index is 12.9. The summed E-state index contributed by atoms with van der Waals surface area (Å²) in [5, 5.41) is 0. The Morgan fingerprint density at radius 3 is 0.886 bits per heavy atom. The first-order valence-electron chi connectivity index (χ1n) is 29.6.